The monoisotopic (exact) mass is 388 g/mol. The Labute approximate surface area is 159 Å². The molecule has 1 aromatic heterocycles. The van der Waals surface area contributed by atoms with Crippen LogP contribution in [0.4, 0.5) is 0 Å². The first kappa shape index (κ1) is 18.3. The van der Waals surface area contributed by atoms with E-state index in [1.807, 2.05) is 18.2 Å². The number of nitrogens with two attached hydrogens (primary N) is 2. The molecule has 0 saturated heterocycles. The lowest BCUT2D eigenvalue weighted by Gasteiger charge is -2.12. The highest BCUT2D eigenvalue weighted by Crippen LogP contribution is 2.42. The second-order valence-corrected chi connectivity index (χ2v) is 7.23. The van der Waals surface area contributed by atoms with Crippen LogP contribution < -0.4 is 22.7 Å². The molecule has 1 heterocycles. The van der Waals surface area contributed by atoms with Gasteiger partial charge < -0.3 is 16.3 Å². The Kier molecular flexibility index (Phi) is 5.52. The molecule has 9 heteroatoms. The van der Waals surface area contributed by atoms with Crippen LogP contribution in [0.2, 0.25) is 5.02 Å². The van der Waals surface area contributed by atoms with Gasteiger partial charge >= 0.3 is 0 Å². The van der Waals surface area contributed by atoms with Gasteiger partial charge in [-0.1, -0.05) is 47.6 Å². The molecular weight excluding hydrogens is 372 g/mol. The van der Waals surface area contributed by atoms with Crippen molar-refractivity contribution in [1.29, 1.82) is 5.26 Å². The van der Waals surface area contributed by atoms with Crippen molar-refractivity contribution in [2.45, 2.75) is 23.8 Å². The summed E-state index contributed by atoms with van der Waals surface area (Å²) in [6, 6.07) is 9.99. The third-order valence-electron chi connectivity index (χ3n) is 4.13. The van der Waals surface area contributed by atoms with Crippen molar-refractivity contribution < 1.29 is 0 Å². The standard InChI is InChI=1S/C17H17ClN6OS/c18-15-14(11-3-1-2-10(6-11)9-4-5-9)12(7-19)17(22-16(15)25)26-8-13(23-20)24-21/h1-3,6,9H,4-5,8,20-21H2,(H,22,25)(H,23,24). The summed E-state index contributed by atoms with van der Waals surface area (Å²) in [4.78, 5) is 15.0. The Morgan fingerprint density at radius 2 is 2.27 bits per heavy atom. The van der Waals surface area contributed by atoms with Gasteiger partial charge in [0.2, 0.25) is 0 Å². The summed E-state index contributed by atoms with van der Waals surface area (Å²) in [7, 11) is 0. The molecule has 1 fully saturated rings. The quantitative estimate of drug-likeness (QED) is 0.204. The van der Waals surface area contributed by atoms with Crippen LogP contribution in [0.25, 0.3) is 11.1 Å². The fourth-order valence-electron chi connectivity index (χ4n) is 2.66. The van der Waals surface area contributed by atoms with Gasteiger partial charge in [-0.2, -0.15) is 10.4 Å². The van der Waals surface area contributed by atoms with E-state index in [0.717, 1.165) is 18.4 Å². The highest BCUT2D eigenvalue weighted by Gasteiger charge is 2.25. The molecular formula is C17H17ClN6OS. The van der Waals surface area contributed by atoms with Gasteiger partial charge in [0, 0.05) is 5.56 Å². The molecule has 1 saturated carbocycles. The summed E-state index contributed by atoms with van der Waals surface area (Å²) in [6.45, 7) is 0. The van der Waals surface area contributed by atoms with Crippen LogP contribution in [0.5, 0.6) is 0 Å². The van der Waals surface area contributed by atoms with E-state index in [0.29, 0.717) is 27.9 Å². The van der Waals surface area contributed by atoms with Crippen molar-refractivity contribution in [3.05, 3.63) is 50.8 Å². The minimum atomic E-state index is -0.452. The van der Waals surface area contributed by atoms with Gasteiger partial charge in [0.05, 0.1) is 16.3 Å². The van der Waals surface area contributed by atoms with Gasteiger partial charge in [0.15, 0.2) is 0 Å². The van der Waals surface area contributed by atoms with Crippen molar-refractivity contribution in [2.24, 2.45) is 16.8 Å². The van der Waals surface area contributed by atoms with E-state index in [-0.39, 0.29) is 10.8 Å². The normalized spacial score (nSPS) is 14.1. The molecule has 0 atom stereocenters. The number of amidine groups is 1. The first-order chi connectivity index (χ1) is 12.6. The number of H-pyrrole nitrogens is 1. The number of aromatic nitrogens is 1. The van der Waals surface area contributed by atoms with Crippen LogP contribution in [0.1, 0.15) is 29.9 Å². The van der Waals surface area contributed by atoms with Crippen molar-refractivity contribution in [3.63, 3.8) is 0 Å². The molecule has 0 radical (unpaired) electrons. The second kappa shape index (κ2) is 7.83. The van der Waals surface area contributed by atoms with Crippen molar-refractivity contribution in [3.8, 4) is 17.2 Å². The van der Waals surface area contributed by atoms with E-state index >= 15 is 0 Å². The van der Waals surface area contributed by atoms with E-state index in [4.69, 9.17) is 23.3 Å². The van der Waals surface area contributed by atoms with Gasteiger partial charge in [-0.05, 0) is 29.9 Å². The molecule has 0 unspecified atom stereocenters. The highest BCUT2D eigenvalue weighted by molar-refractivity contribution is 8.00. The number of hydrazine groups is 1. The van der Waals surface area contributed by atoms with Crippen molar-refractivity contribution in [2.75, 3.05) is 5.75 Å². The van der Waals surface area contributed by atoms with Crippen LogP contribution in [0.15, 0.2) is 39.2 Å². The molecule has 26 heavy (non-hydrogen) atoms. The molecule has 134 valence electrons. The van der Waals surface area contributed by atoms with Gasteiger partial charge in [-0.25, -0.2) is 5.84 Å². The third-order valence-corrected chi connectivity index (χ3v) is 5.51. The molecule has 1 aliphatic carbocycles. The number of hydrogen-bond donors (Lipinski definition) is 4. The van der Waals surface area contributed by atoms with Gasteiger partial charge in [0.1, 0.15) is 16.9 Å². The van der Waals surface area contributed by atoms with Crippen LogP contribution in [0, 0.1) is 11.3 Å². The minimum Gasteiger partial charge on any atom is -0.322 e. The molecule has 0 spiro atoms. The van der Waals surface area contributed by atoms with E-state index in [1.54, 1.807) is 0 Å². The highest BCUT2D eigenvalue weighted by atomic mass is 35.5. The summed E-state index contributed by atoms with van der Waals surface area (Å²) in [5.74, 6) is 11.7. The molecule has 0 amide bonds. The Bertz CT molecular complexity index is 961. The Hall–Kier alpha value is -2.47. The third kappa shape index (κ3) is 3.70. The number of hydrazone groups is 1. The number of nitrogens with zero attached hydrogens (tertiary/aromatic N) is 2. The van der Waals surface area contributed by atoms with E-state index in [1.165, 1.54) is 17.3 Å². The zero-order valence-electron chi connectivity index (χ0n) is 13.8. The largest absolute Gasteiger partial charge is 0.322 e. The lowest BCUT2D eigenvalue weighted by molar-refractivity contribution is 0.996. The smallest absolute Gasteiger partial charge is 0.268 e. The first-order valence-electron chi connectivity index (χ1n) is 7.91. The minimum absolute atomic E-state index is 0.00325. The average molecular weight is 389 g/mol. The molecule has 3 rings (SSSR count). The average Bonchev–Trinajstić information content (AvgIpc) is 3.50. The number of aromatic amines is 1. The van der Waals surface area contributed by atoms with E-state index in [9.17, 15) is 10.1 Å². The number of halogens is 1. The Balaban J connectivity index is 2.08. The van der Waals surface area contributed by atoms with Gasteiger partial charge in [-0.3, -0.25) is 4.79 Å². The summed E-state index contributed by atoms with van der Waals surface area (Å²) in [6.07, 6.45) is 2.32. The van der Waals surface area contributed by atoms with Crippen LogP contribution in [-0.4, -0.2) is 16.6 Å². The number of benzene rings is 1. The zero-order chi connectivity index (χ0) is 18.7. The Morgan fingerprint density at radius 3 is 2.88 bits per heavy atom. The predicted molar refractivity (Wildman–Crippen MR) is 104 cm³/mol. The maximum absolute atomic E-state index is 12.3. The van der Waals surface area contributed by atoms with Gasteiger partial charge in [-0.15, -0.1) is 0 Å². The number of thioether (sulfide) groups is 1. The topological polar surface area (TPSA) is 133 Å². The van der Waals surface area contributed by atoms with E-state index < -0.39 is 5.56 Å². The predicted octanol–water partition coefficient (Wildman–Crippen LogP) is 2.27. The molecule has 7 nitrogen and oxygen atoms in total. The van der Waals surface area contributed by atoms with Crippen LogP contribution >= 0.6 is 23.4 Å². The second-order valence-electron chi connectivity index (χ2n) is 5.87. The fourth-order valence-corrected chi connectivity index (χ4v) is 3.81. The summed E-state index contributed by atoms with van der Waals surface area (Å²) in [5.41, 5.74) is 4.61. The number of hydrogen-bond acceptors (Lipinski definition) is 6. The lowest BCUT2D eigenvalue weighted by Crippen LogP contribution is -2.33. The zero-order valence-corrected chi connectivity index (χ0v) is 15.3. The Morgan fingerprint density at radius 1 is 1.50 bits per heavy atom. The van der Waals surface area contributed by atoms with Gasteiger partial charge in [0.25, 0.3) is 5.56 Å². The van der Waals surface area contributed by atoms with E-state index in [2.05, 4.69) is 27.6 Å². The molecule has 6 N–H and O–H groups in total. The SMILES string of the molecule is N#Cc1c(SC/C(=N/N)NN)[nH]c(=O)c(Cl)c1-c1cccc(C2CC2)c1. The number of nitriles is 1. The maximum Gasteiger partial charge on any atom is 0.268 e. The van der Waals surface area contributed by atoms with Crippen molar-refractivity contribution in [1.82, 2.24) is 10.4 Å². The molecule has 1 aliphatic rings. The number of nitrogens with one attached hydrogen (secondary N) is 2. The summed E-state index contributed by atoms with van der Waals surface area (Å²) >= 11 is 7.46. The number of rotatable bonds is 5. The fraction of sp³-hybridized carbons (Fsp3) is 0.235. The molecule has 0 bridgehead atoms. The first-order valence-corrected chi connectivity index (χ1v) is 9.27. The number of pyridine rings is 1. The summed E-state index contributed by atoms with van der Waals surface area (Å²) < 4.78 is 0. The molecule has 0 aliphatic heterocycles. The maximum atomic E-state index is 12.3. The summed E-state index contributed by atoms with van der Waals surface area (Å²) in [5, 5.41) is 13.6. The van der Waals surface area contributed by atoms with Crippen LogP contribution in [0.3, 0.4) is 0 Å². The molecule has 2 aromatic rings. The lowest BCUT2D eigenvalue weighted by atomic mass is 9.98. The molecule has 1 aromatic carbocycles. The van der Waals surface area contributed by atoms with Crippen LogP contribution in [-0.2, 0) is 0 Å². The van der Waals surface area contributed by atoms with Crippen molar-refractivity contribution >= 4 is 29.2 Å².